The zero-order chi connectivity index (χ0) is 13.9. The third kappa shape index (κ3) is 6.75. The third-order valence-electron chi connectivity index (χ3n) is 2.57. The van der Waals surface area contributed by atoms with Gasteiger partial charge in [-0.3, -0.25) is 4.79 Å². The highest BCUT2D eigenvalue weighted by Gasteiger charge is 2.11. The molecule has 0 aromatic heterocycles. The number of carbonyl (C=O) groups excluding carboxylic acids is 1. The molecule has 0 atom stereocenters. The molecule has 0 heterocycles. The highest BCUT2D eigenvalue weighted by molar-refractivity contribution is 5.96. The van der Waals surface area contributed by atoms with E-state index in [-0.39, 0.29) is 18.3 Å². The van der Waals surface area contributed by atoms with Crippen LogP contribution in [0.15, 0.2) is 24.3 Å². The second-order valence-corrected chi connectivity index (χ2v) is 4.05. The van der Waals surface area contributed by atoms with Gasteiger partial charge < -0.3 is 20.1 Å². The van der Waals surface area contributed by atoms with Crippen molar-refractivity contribution in [1.29, 1.82) is 0 Å². The van der Waals surface area contributed by atoms with Crippen LogP contribution in [0.4, 0.5) is 0 Å². The van der Waals surface area contributed by atoms with Gasteiger partial charge in [-0.05, 0) is 32.1 Å². The molecule has 2 N–H and O–H groups in total. The molecule has 1 aromatic rings. The first-order chi connectivity index (χ1) is 9.29. The molecule has 6 heteroatoms. The first-order valence-corrected chi connectivity index (χ1v) is 6.43. The Morgan fingerprint density at radius 2 is 1.95 bits per heavy atom. The minimum absolute atomic E-state index is 0. The normalized spacial score (nSPS) is 9.70. The van der Waals surface area contributed by atoms with Gasteiger partial charge in [0.2, 0.25) is 0 Å². The van der Waals surface area contributed by atoms with Gasteiger partial charge in [0.25, 0.3) is 5.91 Å². The Morgan fingerprint density at radius 1 is 1.20 bits per heavy atom. The van der Waals surface area contributed by atoms with E-state index in [1.165, 1.54) is 0 Å². The van der Waals surface area contributed by atoms with Crippen molar-refractivity contribution in [3.05, 3.63) is 29.8 Å². The van der Waals surface area contributed by atoms with E-state index in [1.54, 1.807) is 19.2 Å². The number of benzene rings is 1. The number of rotatable bonds is 9. The molecule has 0 aliphatic carbocycles. The van der Waals surface area contributed by atoms with Crippen LogP contribution in [0, 0.1) is 0 Å². The highest BCUT2D eigenvalue weighted by Crippen LogP contribution is 2.17. The molecule has 1 amide bonds. The molecule has 0 aliphatic rings. The van der Waals surface area contributed by atoms with Gasteiger partial charge in [-0.1, -0.05) is 12.1 Å². The van der Waals surface area contributed by atoms with Gasteiger partial charge >= 0.3 is 0 Å². The molecular weight excluding hydrogens is 280 g/mol. The Balaban J connectivity index is 0.00000361. The predicted molar refractivity (Wildman–Crippen MR) is 81.9 cm³/mol. The van der Waals surface area contributed by atoms with Crippen molar-refractivity contribution < 1.29 is 14.3 Å². The van der Waals surface area contributed by atoms with E-state index in [9.17, 15) is 4.79 Å². The molecule has 1 aromatic carbocycles. The van der Waals surface area contributed by atoms with E-state index >= 15 is 0 Å². The Morgan fingerprint density at radius 3 is 2.65 bits per heavy atom. The summed E-state index contributed by atoms with van der Waals surface area (Å²) in [7, 11) is 3.50. The number of amides is 1. The molecule has 1 rings (SSSR count). The number of hydrogen-bond donors (Lipinski definition) is 2. The van der Waals surface area contributed by atoms with Crippen molar-refractivity contribution in [3.63, 3.8) is 0 Å². The summed E-state index contributed by atoms with van der Waals surface area (Å²) < 4.78 is 10.5. The zero-order valence-electron chi connectivity index (χ0n) is 12.0. The molecule has 0 radical (unpaired) electrons. The Kier molecular flexibility index (Phi) is 10.8. The van der Waals surface area contributed by atoms with Gasteiger partial charge in [-0.15, -0.1) is 12.4 Å². The van der Waals surface area contributed by atoms with Gasteiger partial charge in [0, 0.05) is 13.7 Å². The topological polar surface area (TPSA) is 59.6 Å². The minimum Gasteiger partial charge on any atom is -0.490 e. The summed E-state index contributed by atoms with van der Waals surface area (Å²) in [5, 5.41) is 5.91. The van der Waals surface area contributed by atoms with Crippen LogP contribution >= 0.6 is 12.4 Å². The van der Waals surface area contributed by atoms with Crippen molar-refractivity contribution in [2.75, 3.05) is 40.5 Å². The van der Waals surface area contributed by atoms with Gasteiger partial charge in [0.1, 0.15) is 12.4 Å². The summed E-state index contributed by atoms with van der Waals surface area (Å²) in [6.07, 6.45) is 0.898. The van der Waals surface area contributed by atoms with E-state index in [0.717, 1.165) is 13.0 Å². The lowest BCUT2D eigenvalue weighted by molar-refractivity contribution is 0.0945. The molecule has 0 spiro atoms. The van der Waals surface area contributed by atoms with E-state index in [0.29, 0.717) is 31.1 Å². The van der Waals surface area contributed by atoms with E-state index in [1.807, 2.05) is 19.2 Å². The maximum atomic E-state index is 12.0. The summed E-state index contributed by atoms with van der Waals surface area (Å²) in [5.41, 5.74) is 0.558. The highest BCUT2D eigenvalue weighted by atomic mass is 35.5. The summed E-state index contributed by atoms with van der Waals surface area (Å²) in [4.78, 5) is 12.0. The van der Waals surface area contributed by atoms with Gasteiger partial charge in [0.05, 0.1) is 12.2 Å². The maximum absolute atomic E-state index is 12.0. The van der Waals surface area contributed by atoms with Crippen molar-refractivity contribution in [3.8, 4) is 5.75 Å². The zero-order valence-corrected chi connectivity index (χ0v) is 12.8. The monoisotopic (exact) mass is 302 g/mol. The van der Waals surface area contributed by atoms with Crippen LogP contribution in [0.3, 0.4) is 0 Å². The van der Waals surface area contributed by atoms with Crippen LogP contribution in [0.1, 0.15) is 16.8 Å². The number of nitrogens with one attached hydrogen (secondary N) is 2. The van der Waals surface area contributed by atoms with Crippen LogP contribution in [-0.2, 0) is 4.74 Å². The Hall–Kier alpha value is -1.30. The fourth-order valence-corrected chi connectivity index (χ4v) is 1.58. The molecule has 0 aliphatic heterocycles. The standard InChI is InChI=1S/C14H22N2O3.ClH/c1-15-8-5-9-16-14(17)12-6-3-4-7-13(12)19-11-10-18-2;/h3-4,6-7,15H,5,8-11H2,1-2H3,(H,16,17);1H. The summed E-state index contributed by atoms with van der Waals surface area (Å²) in [5.74, 6) is 0.481. The number of carbonyl (C=O) groups is 1. The Bertz CT molecular complexity index is 388. The SMILES string of the molecule is CNCCCNC(=O)c1ccccc1OCCOC.Cl. The van der Waals surface area contributed by atoms with Crippen LogP contribution in [0.25, 0.3) is 0 Å². The first kappa shape index (κ1) is 18.7. The number of hydrogen-bond acceptors (Lipinski definition) is 4. The molecule has 20 heavy (non-hydrogen) atoms. The molecule has 5 nitrogen and oxygen atoms in total. The van der Waals surface area contributed by atoms with Crippen LogP contribution < -0.4 is 15.4 Å². The summed E-state index contributed by atoms with van der Waals surface area (Å²) >= 11 is 0. The van der Waals surface area contributed by atoms with Crippen LogP contribution in [-0.4, -0.2) is 46.4 Å². The molecule has 0 unspecified atom stereocenters. The van der Waals surface area contributed by atoms with E-state index in [4.69, 9.17) is 9.47 Å². The number of ether oxygens (including phenoxy) is 2. The molecule has 0 fully saturated rings. The van der Waals surface area contributed by atoms with Crippen molar-refractivity contribution in [1.82, 2.24) is 10.6 Å². The second-order valence-electron chi connectivity index (χ2n) is 4.05. The summed E-state index contributed by atoms with van der Waals surface area (Å²) in [6, 6.07) is 7.22. The molecule has 0 bridgehead atoms. The maximum Gasteiger partial charge on any atom is 0.255 e. The smallest absolute Gasteiger partial charge is 0.255 e. The minimum atomic E-state index is -0.107. The van der Waals surface area contributed by atoms with Gasteiger partial charge in [-0.25, -0.2) is 0 Å². The molecule has 0 saturated carbocycles. The van der Waals surface area contributed by atoms with Crippen molar-refractivity contribution in [2.24, 2.45) is 0 Å². The lowest BCUT2D eigenvalue weighted by Gasteiger charge is -2.11. The summed E-state index contributed by atoms with van der Waals surface area (Å²) in [6.45, 7) is 2.46. The molecule has 0 saturated heterocycles. The van der Waals surface area contributed by atoms with Gasteiger partial charge in [0.15, 0.2) is 0 Å². The number of methoxy groups -OCH3 is 1. The fraction of sp³-hybridized carbons (Fsp3) is 0.500. The van der Waals surface area contributed by atoms with Gasteiger partial charge in [-0.2, -0.15) is 0 Å². The number of para-hydroxylation sites is 1. The van der Waals surface area contributed by atoms with Crippen LogP contribution in [0.2, 0.25) is 0 Å². The fourth-order valence-electron chi connectivity index (χ4n) is 1.58. The quantitative estimate of drug-likeness (QED) is 0.678. The lowest BCUT2D eigenvalue weighted by atomic mass is 10.2. The number of halogens is 1. The molecule has 114 valence electrons. The largest absolute Gasteiger partial charge is 0.490 e. The molecular formula is C14H23ClN2O3. The van der Waals surface area contributed by atoms with Crippen molar-refractivity contribution >= 4 is 18.3 Å². The van der Waals surface area contributed by atoms with E-state index in [2.05, 4.69) is 10.6 Å². The second kappa shape index (κ2) is 11.5. The van der Waals surface area contributed by atoms with Crippen LogP contribution in [0.5, 0.6) is 5.75 Å². The first-order valence-electron chi connectivity index (χ1n) is 6.43. The predicted octanol–water partition coefficient (Wildman–Crippen LogP) is 1.47. The third-order valence-corrected chi connectivity index (χ3v) is 2.57. The average Bonchev–Trinajstić information content (AvgIpc) is 2.44. The average molecular weight is 303 g/mol. The van der Waals surface area contributed by atoms with Crippen molar-refractivity contribution in [2.45, 2.75) is 6.42 Å². The van der Waals surface area contributed by atoms with E-state index < -0.39 is 0 Å². The Labute approximate surface area is 126 Å². The lowest BCUT2D eigenvalue weighted by Crippen LogP contribution is -2.27.